The normalized spacial score (nSPS) is 24.0. The smallest absolute Gasteiger partial charge is 0.223 e. The van der Waals surface area contributed by atoms with Crippen molar-refractivity contribution in [2.24, 2.45) is 11.8 Å². The van der Waals surface area contributed by atoms with Gasteiger partial charge in [0.1, 0.15) is 6.10 Å². The van der Waals surface area contributed by atoms with E-state index in [0.29, 0.717) is 11.5 Å². The van der Waals surface area contributed by atoms with Crippen molar-refractivity contribution in [3.8, 4) is 0 Å². The molecular weight excluding hydrogens is 290 g/mol. The van der Waals surface area contributed by atoms with E-state index in [0.717, 1.165) is 25.7 Å². The van der Waals surface area contributed by atoms with Gasteiger partial charge in [-0.05, 0) is 24.3 Å². The van der Waals surface area contributed by atoms with Gasteiger partial charge in [-0.25, -0.2) is 0 Å². The molecule has 1 aliphatic carbocycles. The van der Waals surface area contributed by atoms with E-state index in [2.05, 4.69) is 12.2 Å². The number of amides is 1. The Morgan fingerprint density at radius 2 is 2.04 bits per heavy atom. The number of rotatable bonds is 7. The SMILES string of the molecule is CCC[C@@H]1CCC[C@H](C(=O)N[C@H](CO)[C@H](O)c2ccccc2)C1. The summed E-state index contributed by atoms with van der Waals surface area (Å²) in [5.74, 6) is 0.619. The molecule has 0 bridgehead atoms. The fraction of sp³-hybridized carbons (Fsp3) is 0.632. The third kappa shape index (κ3) is 5.05. The predicted octanol–water partition coefficient (Wildman–Crippen LogP) is 2.80. The van der Waals surface area contributed by atoms with Gasteiger partial charge in [-0.1, -0.05) is 62.9 Å². The number of aliphatic hydroxyl groups excluding tert-OH is 2. The quantitative estimate of drug-likeness (QED) is 0.724. The number of hydrogen-bond acceptors (Lipinski definition) is 3. The summed E-state index contributed by atoms with van der Waals surface area (Å²) in [6.07, 6.45) is 5.59. The molecule has 4 atom stereocenters. The molecule has 4 heteroatoms. The Morgan fingerprint density at radius 3 is 2.70 bits per heavy atom. The topological polar surface area (TPSA) is 69.6 Å². The van der Waals surface area contributed by atoms with Gasteiger partial charge in [-0.2, -0.15) is 0 Å². The average Bonchev–Trinajstić information content (AvgIpc) is 2.60. The monoisotopic (exact) mass is 319 g/mol. The maximum absolute atomic E-state index is 12.5. The largest absolute Gasteiger partial charge is 0.394 e. The minimum absolute atomic E-state index is 0.0114. The molecule has 0 aliphatic heterocycles. The predicted molar refractivity (Wildman–Crippen MR) is 90.8 cm³/mol. The van der Waals surface area contributed by atoms with Gasteiger partial charge in [0.15, 0.2) is 0 Å². The molecule has 23 heavy (non-hydrogen) atoms. The number of carbonyl (C=O) groups excluding carboxylic acids is 1. The third-order valence-electron chi connectivity index (χ3n) is 4.90. The fourth-order valence-corrected chi connectivity index (χ4v) is 3.61. The first kappa shape index (κ1) is 18.0. The summed E-state index contributed by atoms with van der Waals surface area (Å²) in [6, 6.07) is 8.50. The minimum atomic E-state index is -0.889. The number of benzene rings is 1. The first-order chi connectivity index (χ1) is 11.2. The molecule has 0 radical (unpaired) electrons. The van der Waals surface area contributed by atoms with Gasteiger partial charge < -0.3 is 15.5 Å². The van der Waals surface area contributed by atoms with Crippen molar-refractivity contribution in [2.75, 3.05) is 6.61 Å². The first-order valence-electron chi connectivity index (χ1n) is 8.80. The van der Waals surface area contributed by atoms with Crippen LogP contribution in [0.2, 0.25) is 0 Å². The van der Waals surface area contributed by atoms with Crippen LogP contribution in [0.25, 0.3) is 0 Å². The molecule has 128 valence electrons. The summed E-state index contributed by atoms with van der Waals surface area (Å²) >= 11 is 0. The van der Waals surface area contributed by atoms with E-state index in [1.807, 2.05) is 18.2 Å². The molecule has 1 aromatic rings. The zero-order chi connectivity index (χ0) is 16.7. The van der Waals surface area contributed by atoms with Crippen molar-refractivity contribution in [1.82, 2.24) is 5.32 Å². The third-order valence-corrected chi connectivity index (χ3v) is 4.90. The lowest BCUT2D eigenvalue weighted by atomic mass is 9.79. The molecule has 1 fully saturated rings. The van der Waals surface area contributed by atoms with E-state index < -0.39 is 12.1 Å². The van der Waals surface area contributed by atoms with Crippen LogP contribution < -0.4 is 5.32 Å². The van der Waals surface area contributed by atoms with E-state index in [1.165, 1.54) is 12.8 Å². The maximum atomic E-state index is 12.5. The molecule has 2 rings (SSSR count). The van der Waals surface area contributed by atoms with Gasteiger partial charge in [0.25, 0.3) is 0 Å². The van der Waals surface area contributed by atoms with Crippen LogP contribution in [0.15, 0.2) is 30.3 Å². The van der Waals surface area contributed by atoms with Crippen LogP contribution in [0, 0.1) is 11.8 Å². The van der Waals surface area contributed by atoms with Crippen LogP contribution >= 0.6 is 0 Å². The van der Waals surface area contributed by atoms with Crippen LogP contribution in [-0.4, -0.2) is 28.8 Å². The maximum Gasteiger partial charge on any atom is 0.223 e. The van der Waals surface area contributed by atoms with Gasteiger partial charge in [-0.15, -0.1) is 0 Å². The van der Waals surface area contributed by atoms with Crippen molar-refractivity contribution in [3.05, 3.63) is 35.9 Å². The van der Waals surface area contributed by atoms with Gasteiger partial charge in [0.05, 0.1) is 12.6 Å². The van der Waals surface area contributed by atoms with Crippen LogP contribution in [0.5, 0.6) is 0 Å². The van der Waals surface area contributed by atoms with Crippen molar-refractivity contribution in [3.63, 3.8) is 0 Å². The summed E-state index contributed by atoms with van der Waals surface area (Å²) in [7, 11) is 0. The molecule has 1 amide bonds. The Balaban J connectivity index is 1.94. The molecule has 0 spiro atoms. The highest BCUT2D eigenvalue weighted by atomic mass is 16.3. The van der Waals surface area contributed by atoms with Crippen molar-refractivity contribution in [1.29, 1.82) is 0 Å². The zero-order valence-electron chi connectivity index (χ0n) is 13.9. The van der Waals surface area contributed by atoms with Crippen LogP contribution in [0.3, 0.4) is 0 Å². The molecule has 0 saturated heterocycles. The van der Waals surface area contributed by atoms with Gasteiger partial charge in [0.2, 0.25) is 5.91 Å². The number of nitrogens with one attached hydrogen (secondary N) is 1. The van der Waals surface area contributed by atoms with Crippen molar-refractivity contribution in [2.45, 2.75) is 57.6 Å². The summed E-state index contributed by atoms with van der Waals surface area (Å²) < 4.78 is 0. The molecule has 0 heterocycles. The highest BCUT2D eigenvalue weighted by Gasteiger charge is 2.30. The molecule has 0 aromatic heterocycles. The lowest BCUT2D eigenvalue weighted by molar-refractivity contribution is -0.128. The summed E-state index contributed by atoms with van der Waals surface area (Å²) in [5.41, 5.74) is 0.708. The number of aliphatic hydroxyl groups is 2. The van der Waals surface area contributed by atoms with Crippen LogP contribution in [0.4, 0.5) is 0 Å². The Morgan fingerprint density at radius 1 is 1.30 bits per heavy atom. The minimum Gasteiger partial charge on any atom is -0.394 e. The molecule has 0 unspecified atom stereocenters. The molecule has 4 nitrogen and oxygen atoms in total. The van der Waals surface area contributed by atoms with Gasteiger partial charge in [-0.3, -0.25) is 4.79 Å². The lowest BCUT2D eigenvalue weighted by Crippen LogP contribution is -2.45. The highest BCUT2D eigenvalue weighted by molar-refractivity contribution is 5.79. The Hall–Kier alpha value is -1.39. The van der Waals surface area contributed by atoms with Crippen molar-refractivity contribution < 1.29 is 15.0 Å². The number of carbonyl (C=O) groups is 1. The lowest BCUT2D eigenvalue weighted by Gasteiger charge is -2.30. The molecule has 3 N–H and O–H groups in total. The second-order valence-electron chi connectivity index (χ2n) is 6.67. The van der Waals surface area contributed by atoms with E-state index in [-0.39, 0.29) is 18.4 Å². The Kier molecular flexibility index (Phi) is 7.06. The van der Waals surface area contributed by atoms with Crippen molar-refractivity contribution >= 4 is 5.91 Å². The van der Waals surface area contributed by atoms with Gasteiger partial charge in [0, 0.05) is 5.92 Å². The Labute approximate surface area is 138 Å². The van der Waals surface area contributed by atoms with Gasteiger partial charge >= 0.3 is 0 Å². The molecular formula is C19H29NO3. The summed E-state index contributed by atoms with van der Waals surface area (Å²) in [6.45, 7) is 1.91. The second kappa shape index (κ2) is 9.04. The second-order valence-corrected chi connectivity index (χ2v) is 6.67. The Bertz CT molecular complexity index is 475. The number of hydrogen-bond donors (Lipinski definition) is 3. The zero-order valence-corrected chi connectivity index (χ0v) is 13.9. The van der Waals surface area contributed by atoms with E-state index in [1.54, 1.807) is 12.1 Å². The van der Waals surface area contributed by atoms with Crippen LogP contribution in [0.1, 0.15) is 57.1 Å². The van der Waals surface area contributed by atoms with E-state index in [4.69, 9.17) is 0 Å². The first-order valence-corrected chi connectivity index (χ1v) is 8.80. The summed E-state index contributed by atoms with van der Waals surface area (Å²) in [5, 5.41) is 22.8. The van der Waals surface area contributed by atoms with Crippen LogP contribution in [-0.2, 0) is 4.79 Å². The fourth-order valence-electron chi connectivity index (χ4n) is 3.61. The average molecular weight is 319 g/mol. The highest BCUT2D eigenvalue weighted by Crippen LogP contribution is 2.32. The molecule has 1 aromatic carbocycles. The molecule has 1 saturated carbocycles. The van der Waals surface area contributed by atoms with E-state index in [9.17, 15) is 15.0 Å². The standard InChI is InChI=1S/C19H29NO3/c1-2-7-14-8-6-11-16(12-14)19(23)20-17(13-21)18(22)15-9-4-3-5-10-15/h3-5,9-10,14,16-18,21-22H,2,6-8,11-13H2,1H3,(H,20,23)/t14-,16+,17-,18-/m1/s1. The molecule has 1 aliphatic rings. The summed E-state index contributed by atoms with van der Waals surface area (Å²) in [4.78, 5) is 12.5. The van der Waals surface area contributed by atoms with E-state index >= 15 is 0 Å².